The predicted octanol–water partition coefficient (Wildman–Crippen LogP) is 1.76. The Morgan fingerprint density at radius 2 is 1.81 bits per heavy atom. The van der Waals surface area contributed by atoms with E-state index < -0.39 is 6.04 Å². The second-order valence-corrected chi connectivity index (χ2v) is 5.91. The van der Waals surface area contributed by atoms with Crippen LogP contribution < -0.4 is 11.1 Å². The monoisotopic (exact) mass is 291 g/mol. The van der Waals surface area contributed by atoms with Crippen LogP contribution in [0.2, 0.25) is 0 Å². The molecule has 1 aromatic rings. The molecule has 0 fully saturated rings. The second kappa shape index (κ2) is 7.88. The molecule has 116 valence electrons. The van der Waals surface area contributed by atoms with Gasteiger partial charge in [0.25, 0.3) is 0 Å². The van der Waals surface area contributed by atoms with Crippen LogP contribution in [-0.2, 0) is 16.0 Å². The maximum atomic E-state index is 11.8. The molecule has 0 amide bonds. The average Bonchev–Trinajstić information content (AvgIpc) is 2.38. The van der Waals surface area contributed by atoms with Gasteiger partial charge in [0.05, 0.1) is 24.0 Å². The number of nitrogens with zero attached hydrogens (tertiary/aromatic N) is 1. The lowest BCUT2D eigenvalue weighted by Crippen LogP contribution is -2.47. The number of carbonyl (C=O) groups excluding carboxylic acids is 2. The highest BCUT2D eigenvalue weighted by Gasteiger charge is 2.23. The quantitative estimate of drug-likeness (QED) is 0.762. The zero-order valence-electron chi connectivity index (χ0n) is 13.2. The van der Waals surface area contributed by atoms with E-state index in [0.717, 1.165) is 5.69 Å². The normalized spacial score (nSPS) is 14.0. The molecule has 21 heavy (non-hydrogen) atoms. The van der Waals surface area contributed by atoms with Gasteiger partial charge in [-0.2, -0.15) is 0 Å². The van der Waals surface area contributed by atoms with Gasteiger partial charge >= 0.3 is 0 Å². The molecule has 2 unspecified atom stereocenters. The molecule has 1 rings (SSSR count). The number of Topliss-reactive ketones (excluding diaryl/α,β-unsaturated/α-hetero) is 2. The smallest absolute Gasteiger partial charge is 0.147 e. The Kier molecular flexibility index (Phi) is 6.49. The molecule has 0 radical (unpaired) electrons. The Balaban J connectivity index is 2.78. The first kappa shape index (κ1) is 17.3. The third-order valence-electron chi connectivity index (χ3n) is 3.35. The number of nitrogens with two attached hydrogens (primary N) is 1. The van der Waals surface area contributed by atoms with Gasteiger partial charge in [0.1, 0.15) is 11.6 Å². The van der Waals surface area contributed by atoms with Crippen molar-refractivity contribution in [3.05, 3.63) is 24.0 Å². The highest BCUT2D eigenvalue weighted by Crippen LogP contribution is 2.10. The summed E-state index contributed by atoms with van der Waals surface area (Å²) in [6.07, 6.45) is 2.74. The van der Waals surface area contributed by atoms with Crippen LogP contribution in [0, 0.1) is 5.92 Å². The Morgan fingerprint density at radius 1 is 1.19 bits per heavy atom. The van der Waals surface area contributed by atoms with E-state index in [-0.39, 0.29) is 17.6 Å². The van der Waals surface area contributed by atoms with Crippen molar-refractivity contribution in [2.75, 3.05) is 5.73 Å². The second-order valence-electron chi connectivity index (χ2n) is 5.91. The molecule has 5 heteroatoms. The van der Waals surface area contributed by atoms with Crippen LogP contribution in [0.25, 0.3) is 0 Å². The largest absolute Gasteiger partial charge is 0.397 e. The minimum atomic E-state index is -0.409. The van der Waals surface area contributed by atoms with Gasteiger partial charge < -0.3 is 5.73 Å². The number of nitrogens with one attached hydrogen (secondary N) is 1. The van der Waals surface area contributed by atoms with Crippen LogP contribution >= 0.6 is 0 Å². The van der Waals surface area contributed by atoms with Gasteiger partial charge in [0.15, 0.2) is 0 Å². The zero-order chi connectivity index (χ0) is 16.0. The number of hydrogen-bond donors (Lipinski definition) is 2. The molecular formula is C16H25N3O2. The fraction of sp³-hybridized carbons (Fsp3) is 0.562. The van der Waals surface area contributed by atoms with E-state index in [2.05, 4.69) is 24.1 Å². The van der Waals surface area contributed by atoms with E-state index in [1.54, 1.807) is 25.3 Å². The SMILES string of the molecule is CC(=O)C(Cc1ccc(N)cn1)NC(CC(C)C)C(C)=O. The van der Waals surface area contributed by atoms with E-state index in [1.807, 2.05) is 0 Å². The lowest BCUT2D eigenvalue weighted by molar-refractivity contribution is -0.121. The first-order chi connectivity index (χ1) is 9.79. The van der Waals surface area contributed by atoms with Gasteiger partial charge in [-0.25, -0.2) is 0 Å². The Morgan fingerprint density at radius 3 is 2.24 bits per heavy atom. The molecule has 5 nitrogen and oxygen atoms in total. The minimum Gasteiger partial charge on any atom is -0.397 e. The summed E-state index contributed by atoms with van der Waals surface area (Å²) < 4.78 is 0. The highest BCUT2D eigenvalue weighted by molar-refractivity contribution is 5.85. The summed E-state index contributed by atoms with van der Waals surface area (Å²) in [5.41, 5.74) is 6.97. The van der Waals surface area contributed by atoms with Gasteiger partial charge in [-0.05, 0) is 38.3 Å². The molecule has 0 aliphatic heterocycles. The third-order valence-corrected chi connectivity index (χ3v) is 3.35. The summed E-state index contributed by atoms with van der Waals surface area (Å²) in [4.78, 5) is 27.8. The molecule has 0 spiro atoms. The highest BCUT2D eigenvalue weighted by atomic mass is 16.1. The summed E-state index contributed by atoms with van der Waals surface area (Å²) in [5, 5.41) is 3.18. The number of aromatic nitrogens is 1. The first-order valence-electron chi connectivity index (χ1n) is 7.27. The predicted molar refractivity (Wildman–Crippen MR) is 83.9 cm³/mol. The summed E-state index contributed by atoms with van der Waals surface area (Å²) in [6.45, 7) is 7.20. The van der Waals surface area contributed by atoms with Crippen molar-refractivity contribution < 1.29 is 9.59 Å². The van der Waals surface area contributed by atoms with Crippen molar-refractivity contribution >= 4 is 17.3 Å². The van der Waals surface area contributed by atoms with E-state index in [0.29, 0.717) is 24.4 Å². The Hall–Kier alpha value is -1.75. The van der Waals surface area contributed by atoms with Crippen molar-refractivity contribution in [3.63, 3.8) is 0 Å². The van der Waals surface area contributed by atoms with Crippen LogP contribution in [0.4, 0.5) is 5.69 Å². The molecule has 0 saturated heterocycles. The zero-order valence-corrected chi connectivity index (χ0v) is 13.2. The molecule has 3 N–H and O–H groups in total. The fourth-order valence-corrected chi connectivity index (χ4v) is 2.15. The van der Waals surface area contributed by atoms with Crippen molar-refractivity contribution in [1.82, 2.24) is 10.3 Å². The lowest BCUT2D eigenvalue weighted by Gasteiger charge is -2.23. The molecule has 1 heterocycles. The number of carbonyl (C=O) groups is 2. The van der Waals surface area contributed by atoms with Crippen molar-refractivity contribution in [2.24, 2.45) is 5.92 Å². The van der Waals surface area contributed by atoms with Crippen molar-refractivity contribution in [3.8, 4) is 0 Å². The van der Waals surface area contributed by atoms with Gasteiger partial charge in [-0.1, -0.05) is 13.8 Å². The molecule has 0 saturated carbocycles. The lowest BCUT2D eigenvalue weighted by atomic mass is 9.98. The van der Waals surface area contributed by atoms with E-state index in [9.17, 15) is 9.59 Å². The van der Waals surface area contributed by atoms with E-state index in [1.165, 1.54) is 6.92 Å². The number of anilines is 1. The molecule has 2 atom stereocenters. The summed E-state index contributed by atoms with van der Waals surface area (Å²) in [5.74, 6) is 0.442. The summed E-state index contributed by atoms with van der Waals surface area (Å²) in [6, 6.07) is 2.86. The number of rotatable bonds is 8. The maximum Gasteiger partial charge on any atom is 0.147 e. The molecular weight excluding hydrogens is 266 g/mol. The molecule has 0 aliphatic rings. The first-order valence-corrected chi connectivity index (χ1v) is 7.27. The van der Waals surface area contributed by atoms with Gasteiger partial charge in [-0.15, -0.1) is 0 Å². The van der Waals surface area contributed by atoms with Crippen LogP contribution in [0.1, 0.15) is 39.8 Å². The fourth-order valence-electron chi connectivity index (χ4n) is 2.15. The summed E-state index contributed by atoms with van der Waals surface area (Å²) in [7, 11) is 0. The Bertz CT molecular complexity index is 483. The van der Waals surface area contributed by atoms with Crippen molar-refractivity contribution in [1.29, 1.82) is 0 Å². The van der Waals surface area contributed by atoms with Gasteiger partial charge in [-0.3, -0.25) is 19.9 Å². The van der Waals surface area contributed by atoms with Crippen LogP contribution in [0.3, 0.4) is 0 Å². The number of pyridine rings is 1. The van der Waals surface area contributed by atoms with Crippen LogP contribution in [0.15, 0.2) is 18.3 Å². The van der Waals surface area contributed by atoms with Crippen LogP contribution in [-0.4, -0.2) is 28.6 Å². The van der Waals surface area contributed by atoms with Gasteiger partial charge in [0.2, 0.25) is 0 Å². The van der Waals surface area contributed by atoms with Crippen LogP contribution in [0.5, 0.6) is 0 Å². The van der Waals surface area contributed by atoms with Gasteiger partial charge in [0, 0.05) is 12.1 Å². The number of hydrogen-bond acceptors (Lipinski definition) is 5. The topological polar surface area (TPSA) is 85.1 Å². The molecule has 1 aromatic heterocycles. The maximum absolute atomic E-state index is 11.8. The minimum absolute atomic E-state index is 0.00336. The third kappa shape index (κ3) is 6.04. The number of nitrogen functional groups attached to an aromatic ring is 1. The van der Waals surface area contributed by atoms with E-state index in [4.69, 9.17) is 5.73 Å². The Labute approximate surface area is 126 Å². The molecule has 0 aliphatic carbocycles. The van der Waals surface area contributed by atoms with E-state index >= 15 is 0 Å². The summed E-state index contributed by atoms with van der Waals surface area (Å²) >= 11 is 0. The number of ketones is 2. The standard InChI is InChI=1S/C16H25N3O2/c1-10(2)7-15(11(3)20)19-16(12(4)21)8-14-6-5-13(17)9-18-14/h5-6,9-10,15-16,19H,7-8,17H2,1-4H3. The molecule has 0 aromatic carbocycles. The molecule has 0 bridgehead atoms. The van der Waals surface area contributed by atoms with Crippen molar-refractivity contribution in [2.45, 2.75) is 52.6 Å². The average molecular weight is 291 g/mol.